The van der Waals surface area contributed by atoms with E-state index >= 15 is 0 Å². The number of hydrogen-bond donors (Lipinski definition) is 1. The van der Waals surface area contributed by atoms with Crippen molar-refractivity contribution in [1.82, 2.24) is 15.5 Å². The van der Waals surface area contributed by atoms with Gasteiger partial charge in [-0.3, -0.25) is 0 Å². The first-order valence-corrected chi connectivity index (χ1v) is 7.42. The summed E-state index contributed by atoms with van der Waals surface area (Å²) in [5, 5.41) is 8.50. The molecule has 2 heterocycles. The SMILES string of the molecule is C[C@H]1C[C@@H](c2nc(-c3c(Cl)cccc3Cl)no2)CCN1.Cl. The maximum absolute atomic E-state index is 6.17. The number of nitrogens with one attached hydrogen (secondary N) is 1. The van der Waals surface area contributed by atoms with Crippen LogP contribution in [0.25, 0.3) is 11.4 Å². The molecule has 114 valence electrons. The average molecular weight is 349 g/mol. The zero-order valence-corrected chi connectivity index (χ0v) is 13.8. The molecule has 0 aliphatic carbocycles. The molecule has 21 heavy (non-hydrogen) atoms. The van der Waals surface area contributed by atoms with Crippen molar-refractivity contribution < 1.29 is 4.52 Å². The van der Waals surface area contributed by atoms with Gasteiger partial charge in [-0.25, -0.2) is 0 Å². The van der Waals surface area contributed by atoms with Gasteiger partial charge in [-0.05, 0) is 38.4 Å². The van der Waals surface area contributed by atoms with Gasteiger partial charge in [0.25, 0.3) is 0 Å². The van der Waals surface area contributed by atoms with Crippen LogP contribution in [0, 0.1) is 0 Å². The van der Waals surface area contributed by atoms with E-state index in [9.17, 15) is 0 Å². The lowest BCUT2D eigenvalue weighted by Crippen LogP contribution is -2.34. The zero-order chi connectivity index (χ0) is 14.1. The van der Waals surface area contributed by atoms with Crippen LogP contribution < -0.4 is 5.32 Å². The van der Waals surface area contributed by atoms with Crippen molar-refractivity contribution >= 4 is 35.6 Å². The van der Waals surface area contributed by atoms with E-state index in [0.29, 0.717) is 39.3 Å². The summed E-state index contributed by atoms with van der Waals surface area (Å²) in [6.07, 6.45) is 2.00. The van der Waals surface area contributed by atoms with E-state index < -0.39 is 0 Å². The molecular formula is C14H16Cl3N3O. The summed E-state index contributed by atoms with van der Waals surface area (Å²) in [5.41, 5.74) is 0.632. The largest absolute Gasteiger partial charge is 0.339 e. The average Bonchev–Trinajstić information content (AvgIpc) is 2.88. The fourth-order valence-corrected chi connectivity index (χ4v) is 3.14. The minimum Gasteiger partial charge on any atom is -0.339 e. The van der Waals surface area contributed by atoms with Gasteiger partial charge < -0.3 is 9.84 Å². The van der Waals surface area contributed by atoms with Gasteiger partial charge in [0.15, 0.2) is 0 Å². The second kappa shape index (κ2) is 6.97. The summed E-state index contributed by atoms with van der Waals surface area (Å²) in [4.78, 5) is 4.49. The fourth-order valence-electron chi connectivity index (χ4n) is 2.57. The monoisotopic (exact) mass is 347 g/mol. The van der Waals surface area contributed by atoms with Gasteiger partial charge in [-0.2, -0.15) is 4.98 Å². The Balaban J connectivity index is 0.00000161. The summed E-state index contributed by atoms with van der Waals surface area (Å²) < 4.78 is 5.41. The first-order valence-electron chi connectivity index (χ1n) is 6.66. The molecule has 7 heteroatoms. The predicted octanol–water partition coefficient (Wildman–Crippen LogP) is 4.32. The molecule has 1 aromatic heterocycles. The van der Waals surface area contributed by atoms with Crippen molar-refractivity contribution in [1.29, 1.82) is 0 Å². The minimum atomic E-state index is 0. The lowest BCUT2D eigenvalue weighted by Gasteiger charge is -2.25. The maximum atomic E-state index is 6.17. The molecule has 1 aromatic carbocycles. The Morgan fingerprint density at radius 1 is 1.29 bits per heavy atom. The molecule has 2 atom stereocenters. The summed E-state index contributed by atoms with van der Waals surface area (Å²) in [6.45, 7) is 3.13. The van der Waals surface area contributed by atoms with E-state index in [1.165, 1.54) is 0 Å². The molecule has 0 amide bonds. The summed E-state index contributed by atoms with van der Waals surface area (Å²) in [7, 11) is 0. The molecule has 1 aliphatic rings. The first kappa shape index (κ1) is 16.6. The highest BCUT2D eigenvalue weighted by Crippen LogP contribution is 2.34. The van der Waals surface area contributed by atoms with Gasteiger partial charge in [0, 0.05) is 12.0 Å². The molecular weight excluding hydrogens is 333 g/mol. The van der Waals surface area contributed by atoms with Gasteiger partial charge >= 0.3 is 0 Å². The number of nitrogens with zero attached hydrogens (tertiary/aromatic N) is 2. The predicted molar refractivity (Wildman–Crippen MR) is 86.4 cm³/mol. The molecule has 0 saturated carbocycles. The van der Waals surface area contributed by atoms with E-state index in [4.69, 9.17) is 27.7 Å². The number of benzene rings is 1. The Bertz CT molecular complexity index is 597. The second-order valence-corrected chi connectivity index (χ2v) is 5.94. The Labute approximate surface area is 139 Å². The van der Waals surface area contributed by atoms with Crippen LogP contribution in [-0.2, 0) is 0 Å². The van der Waals surface area contributed by atoms with Crippen molar-refractivity contribution in [2.45, 2.75) is 31.7 Å². The van der Waals surface area contributed by atoms with E-state index in [0.717, 1.165) is 19.4 Å². The molecule has 0 bridgehead atoms. The van der Waals surface area contributed by atoms with Gasteiger partial charge in [0.2, 0.25) is 11.7 Å². The number of hydrogen-bond acceptors (Lipinski definition) is 4. The highest BCUT2D eigenvalue weighted by Gasteiger charge is 2.26. The van der Waals surface area contributed by atoms with E-state index in [2.05, 4.69) is 22.4 Å². The molecule has 1 aliphatic heterocycles. The van der Waals surface area contributed by atoms with E-state index in [1.807, 2.05) is 0 Å². The fraction of sp³-hybridized carbons (Fsp3) is 0.429. The quantitative estimate of drug-likeness (QED) is 0.878. The van der Waals surface area contributed by atoms with Crippen LogP contribution in [0.15, 0.2) is 22.7 Å². The van der Waals surface area contributed by atoms with Crippen molar-refractivity contribution in [2.24, 2.45) is 0 Å². The number of aromatic nitrogens is 2. The summed E-state index contributed by atoms with van der Waals surface area (Å²) >= 11 is 12.3. The molecule has 2 aromatic rings. The second-order valence-electron chi connectivity index (χ2n) is 5.13. The summed E-state index contributed by atoms with van der Waals surface area (Å²) in [5.74, 6) is 1.43. The van der Waals surface area contributed by atoms with Crippen LogP contribution in [-0.4, -0.2) is 22.7 Å². The van der Waals surface area contributed by atoms with Crippen LogP contribution >= 0.6 is 35.6 Å². The molecule has 3 rings (SSSR count). The third-order valence-electron chi connectivity index (χ3n) is 3.60. The standard InChI is InChI=1S/C14H15Cl2N3O.ClH/c1-8-7-9(5-6-17-8)14-18-13(19-20-14)12-10(15)3-2-4-11(12)16;/h2-4,8-9,17H,5-7H2,1H3;1H/t8-,9-;/m0./s1. The van der Waals surface area contributed by atoms with Crippen LogP contribution in [0.1, 0.15) is 31.6 Å². The van der Waals surface area contributed by atoms with Crippen LogP contribution in [0.4, 0.5) is 0 Å². The maximum Gasteiger partial charge on any atom is 0.230 e. The van der Waals surface area contributed by atoms with Crippen LogP contribution in [0.3, 0.4) is 0 Å². The van der Waals surface area contributed by atoms with Crippen molar-refractivity contribution in [3.63, 3.8) is 0 Å². The number of halogens is 3. The molecule has 0 radical (unpaired) electrons. The number of rotatable bonds is 2. The van der Waals surface area contributed by atoms with Gasteiger partial charge in [0.1, 0.15) is 0 Å². The molecule has 0 spiro atoms. The highest BCUT2D eigenvalue weighted by molar-refractivity contribution is 6.38. The van der Waals surface area contributed by atoms with Gasteiger partial charge in [-0.15, -0.1) is 12.4 Å². The van der Waals surface area contributed by atoms with Crippen LogP contribution in [0.2, 0.25) is 10.0 Å². The zero-order valence-electron chi connectivity index (χ0n) is 11.5. The normalized spacial score (nSPS) is 21.9. The third kappa shape index (κ3) is 3.51. The third-order valence-corrected chi connectivity index (χ3v) is 4.23. The van der Waals surface area contributed by atoms with Crippen molar-refractivity contribution in [3.8, 4) is 11.4 Å². The van der Waals surface area contributed by atoms with Gasteiger partial charge in [-0.1, -0.05) is 34.4 Å². The molecule has 4 nitrogen and oxygen atoms in total. The van der Waals surface area contributed by atoms with Gasteiger partial charge in [0.05, 0.1) is 15.6 Å². The van der Waals surface area contributed by atoms with Crippen molar-refractivity contribution in [3.05, 3.63) is 34.1 Å². The van der Waals surface area contributed by atoms with E-state index in [-0.39, 0.29) is 12.4 Å². The molecule has 1 fully saturated rings. The Kier molecular flexibility index (Phi) is 5.49. The molecule has 0 unspecified atom stereocenters. The Hall–Kier alpha value is -0.810. The van der Waals surface area contributed by atoms with Crippen molar-refractivity contribution in [2.75, 3.05) is 6.54 Å². The summed E-state index contributed by atoms with van der Waals surface area (Å²) in [6, 6.07) is 5.80. The highest BCUT2D eigenvalue weighted by atomic mass is 35.5. The van der Waals surface area contributed by atoms with E-state index in [1.54, 1.807) is 18.2 Å². The Morgan fingerprint density at radius 2 is 2.00 bits per heavy atom. The number of piperidine rings is 1. The molecule has 1 saturated heterocycles. The van der Waals surface area contributed by atoms with Crippen LogP contribution in [0.5, 0.6) is 0 Å². The molecule has 1 N–H and O–H groups in total. The minimum absolute atomic E-state index is 0. The first-order chi connectivity index (χ1) is 9.65. The lowest BCUT2D eigenvalue weighted by atomic mass is 9.93. The lowest BCUT2D eigenvalue weighted by molar-refractivity contribution is 0.295. The smallest absolute Gasteiger partial charge is 0.230 e. The Morgan fingerprint density at radius 3 is 2.67 bits per heavy atom. The topological polar surface area (TPSA) is 51.0 Å².